The van der Waals surface area contributed by atoms with Gasteiger partial charge in [0, 0.05) is 23.3 Å². The van der Waals surface area contributed by atoms with Crippen molar-refractivity contribution in [3.05, 3.63) is 70.5 Å². The Morgan fingerprint density at radius 3 is 2.45 bits per heavy atom. The van der Waals surface area contributed by atoms with Gasteiger partial charge in [0.05, 0.1) is 12.5 Å². The minimum Gasteiger partial charge on any atom is -0.457 e. The van der Waals surface area contributed by atoms with Crippen molar-refractivity contribution in [1.29, 1.82) is 0 Å². The molecule has 1 saturated carbocycles. The van der Waals surface area contributed by atoms with Gasteiger partial charge in [-0.25, -0.2) is 0 Å². The topological polar surface area (TPSA) is 55.6 Å². The van der Waals surface area contributed by atoms with Gasteiger partial charge in [0.2, 0.25) is 5.91 Å². The molecule has 0 saturated heterocycles. The second-order valence-electron chi connectivity index (χ2n) is 8.25. The molecule has 1 heterocycles. The van der Waals surface area contributed by atoms with Crippen LogP contribution >= 0.6 is 23.7 Å². The second kappa shape index (κ2) is 12.6. The fraction of sp³-hybridized carbons (Fsp3) is 0.385. The largest absolute Gasteiger partial charge is 0.457 e. The number of halogens is 1. The fourth-order valence-electron chi connectivity index (χ4n) is 4.04. The average molecular weight is 486 g/mol. The first-order valence-electron chi connectivity index (χ1n) is 11.5. The molecule has 0 radical (unpaired) electrons. The first kappa shape index (κ1) is 25.1. The Morgan fingerprint density at radius 1 is 1.06 bits per heavy atom. The molecule has 5 nitrogen and oxygen atoms in total. The number of para-hydroxylation sites is 1. The van der Waals surface area contributed by atoms with Crippen molar-refractivity contribution < 1.29 is 9.53 Å². The summed E-state index contributed by atoms with van der Waals surface area (Å²) in [7, 11) is 0. The fourth-order valence-corrected chi connectivity index (χ4v) is 5.04. The number of nitrogens with zero attached hydrogens (tertiary/aromatic N) is 2. The van der Waals surface area contributed by atoms with Crippen LogP contribution in [0.5, 0.6) is 11.5 Å². The molecule has 7 heteroatoms. The van der Waals surface area contributed by atoms with E-state index in [2.05, 4.69) is 22.2 Å². The van der Waals surface area contributed by atoms with Crippen LogP contribution in [0, 0.1) is 0 Å². The standard InChI is InChI=1S/C26H31N3O2S.ClH/c1-2-17-29-22(19-32-26(29)28-20-9-5-3-6-10-20)18-25(30)27-21-13-15-24(16-14-21)31-23-11-7-4-8-12-23;/h4,7-8,11-16,19-20H,2-3,5-6,9-10,17-18H2,1H3,(H,27,30);1H. The third kappa shape index (κ3) is 7.21. The van der Waals surface area contributed by atoms with Crippen LogP contribution < -0.4 is 14.9 Å². The Balaban J connectivity index is 0.00000306. The van der Waals surface area contributed by atoms with Gasteiger partial charge < -0.3 is 14.6 Å². The third-order valence-electron chi connectivity index (χ3n) is 5.65. The normalized spacial score (nSPS) is 14.5. The highest BCUT2D eigenvalue weighted by atomic mass is 35.5. The van der Waals surface area contributed by atoms with Crippen LogP contribution in [0.25, 0.3) is 0 Å². The lowest BCUT2D eigenvalue weighted by Crippen LogP contribution is -2.24. The number of benzene rings is 2. The van der Waals surface area contributed by atoms with E-state index in [1.807, 2.05) is 54.6 Å². The number of hydrogen-bond acceptors (Lipinski definition) is 4. The summed E-state index contributed by atoms with van der Waals surface area (Å²) in [5, 5.41) is 5.10. The van der Waals surface area contributed by atoms with E-state index in [-0.39, 0.29) is 18.3 Å². The Hall–Kier alpha value is -2.57. The molecule has 0 spiro atoms. The summed E-state index contributed by atoms with van der Waals surface area (Å²) in [6, 6.07) is 17.6. The van der Waals surface area contributed by atoms with Crippen molar-refractivity contribution in [2.75, 3.05) is 5.32 Å². The summed E-state index contributed by atoms with van der Waals surface area (Å²) in [6.07, 6.45) is 7.62. The van der Waals surface area contributed by atoms with E-state index in [0.717, 1.165) is 40.6 Å². The molecule has 0 aliphatic heterocycles. The molecule has 1 amide bonds. The number of anilines is 1. The number of nitrogens with one attached hydrogen (secondary N) is 1. The summed E-state index contributed by atoms with van der Waals surface area (Å²) in [5.41, 5.74) is 1.80. The molecule has 1 aromatic heterocycles. The third-order valence-corrected chi connectivity index (χ3v) is 6.58. The number of carbonyl (C=O) groups is 1. The number of aromatic nitrogens is 1. The van der Waals surface area contributed by atoms with Gasteiger partial charge in [-0.3, -0.25) is 9.79 Å². The lowest BCUT2D eigenvalue weighted by molar-refractivity contribution is -0.115. The van der Waals surface area contributed by atoms with Crippen LogP contribution in [0.1, 0.15) is 51.1 Å². The van der Waals surface area contributed by atoms with E-state index in [0.29, 0.717) is 12.5 Å². The Morgan fingerprint density at radius 2 is 1.76 bits per heavy atom. The Labute approximate surface area is 205 Å². The molecule has 1 fully saturated rings. The number of amides is 1. The van der Waals surface area contributed by atoms with E-state index < -0.39 is 0 Å². The van der Waals surface area contributed by atoms with Crippen LogP contribution in [0.2, 0.25) is 0 Å². The molecule has 2 aromatic carbocycles. The smallest absolute Gasteiger partial charge is 0.230 e. The Bertz CT molecular complexity index is 1070. The molecular weight excluding hydrogens is 454 g/mol. The highest BCUT2D eigenvalue weighted by Crippen LogP contribution is 2.23. The van der Waals surface area contributed by atoms with Gasteiger partial charge in [-0.05, 0) is 55.7 Å². The van der Waals surface area contributed by atoms with E-state index in [1.165, 1.54) is 32.1 Å². The molecule has 0 unspecified atom stereocenters. The molecule has 0 atom stereocenters. The molecule has 4 rings (SSSR count). The van der Waals surface area contributed by atoms with Crippen molar-refractivity contribution in [2.45, 2.75) is 64.5 Å². The molecule has 0 bridgehead atoms. The first-order valence-corrected chi connectivity index (χ1v) is 12.4. The predicted molar refractivity (Wildman–Crippen MR) is 138 cm³/mol. The van der Waals surface area contributed by atoms with Crippen molar-refractivity contribution in [2.24, 2.45) is 4.99 Å². The van der Waals surface area contributed by atoms with Gasteiger partial charge in [0.25, 0.3) is 0 Å². The van der Waals surface area contributed by atoms with Crippen molar-refractivity contribution in [1.82, 2.24) is 4.57 Å². The highest BCUT2D eigenvalue weighted by Gasteiger charge is 2.14. The minimum absolute atomic E-state index is 0. The van der Waals surface area contributed by atoms with E-state index in [4.69, 9.17) is 9.73 Å². The SMILES string of the molecule is CCCn1c(CC(=O)Nc2ccc(Oc3ccccc3)cc2)csc1=NC1CCCCC1.Cl. The van der Waals surface area contributed by atoms with Crippen LogP contribution in [0.3, 0.4) is 0 Å². The van der Waals surface area contributed by atoms with Gasteiger partial charge >= 0.3 is 0 Å². The summed E-state index contributed by atoms with van der Waals surface area (Å²) >= 11 is 1.66. The van der Waals surface area contributed by atoms with Crippen molar-refractivity contribution in [3.63, 3.8) is 0 Å². The molecule has 1 aliphatic rings. The van der Waals surface area contributed by atoms with E-state index >= 15 is 0 Å². The van der Waals surface area contributed by atoms with Gasteiger partial charge in [-0.2, -0.15) is 0 Å². The Kier molecular flexibility index (Phi) is 9.58. The monoisotopic (exact) mass is 485 g/mol. The predicted octanol–water partition coefficient (Wildman–Crippen LogP) is 6.59. The zero-order valence-electron chi connectivity index (χ0n) is 19.0. The summed E-state index contributed by atoms with van der Waals surface area (Å²) < 4.78 is 8.05. The lowest BCUT2D eigenvalue weighted by Gasteiger charge is -2.17. The number of ether oxygens (including phenoxy) is 1. The summed E-state index contributed by atoms with van der Waals surface area (Å²) in [6.45, 7) is 3.06. The molecule has 33 heavy (non-hydrogen) atoms. The maximum absolute atomic E-state index is 12.7. The first-order chi connectivity index (χ1) is 15.7. The zero-order valence-corrected chi connectivity index (χ0v) is 20.7. The maximum Gasteiger partial charge on any atom is 0.230 e. The molecule has 176 valence electrons. The average Bonchev–Trinajstić information content (AvgIpc) is 3.17. The second-order valence-corrected chi connectivity index (χ2v) is 9.08. The molecular formula is C26H32ClN3O2S. The van der Waals surface area contributed by atoms with E-state index in [9.17, 15) is 4.79 Å². The number of rotatable bonds is 8. The van der Waals surface area contributed by atoms with Crippen LogP contribution in [-0.2, 0) is 17.8 Å². The van der Waals surface area contributed by atoms with Gasteiger partial charge in [-0.15, -0.1) is 23.7 Å². The van der Waals surface area contributed by atoms with Crippen LogP contribution in [0.15, 0.2) is 65.0 Å². The molecule has 1 aliphatic carbocycles. The zero-order chi connectivity index (χ0) is 22.2. The van der Waals surface area contributed by atoms with Crippen LogP contribution in [0.4, 0.5) is 5.69 Å². The highest BCUT2D eigenvalue weighted by molar-refractivity contribution is 7.07. The van der Waals surface area contributed by atoms with Crippen molar-refractivity contribution >= 4 is 35.3 Å². The summed E-state index contributed by atoms with van der Waals surface area (Å²) in [5.74, 6) is 1.51. The minimum atomic E-state index is -0.0198. The van der Waals surface area contributed by atoms with E-state index in [1.54, 1.807) is 11.3 Å². The van der Waals surface area contributed by atoms with Gasteiger partial charge in [0.15, 0.2) is 4.80 Å². The summed E-state index contributed by atoms with van der Waals surface area (Å²) in [4.78, 5) is 18.8. The quantitative estimate of drug-likeness (QED) is 0.391. The van der Waals surface area contributed by atoms with Crippen molar-refractivity contribution in [3.8, 4) is 11.5 Å². The van der Waals surface area contributed by atoms with Gasteiger partial charge in [0.1, 0.15) is 11.5 Å². The maximum atomic E-state index is 12.7. The lowest BCUT2D eigenvalue weighted by atomic mass is 9.96. The van der Waals surface area contributed by atoms with Gasteiger partial charge in [-0.1, -0.05) is 44.4 Å². The molecule has 3 aromatic rings. The number of thiazole rings is 1. The number of carbonyl (C=O) groups excluding carboxylic acids is 1. The van der Waals surface area contributed by atoms with Crippen LogP contribution in [-0.4, -0.2) is 16.5 Å². The number of hydrogen-bond donors (Lipinski definition) is 1. The molecule has 1 N–H and O–H groups in total.